The molecule has 3 rings (SSSR count). The molecule has 1 aliphatic rings. The van der Waals surface area contributed by atoms with Crippen LogP contribution in [0.5, 0.6) is 0 Å². The van der Waals surface area contributed by atoms with Gasteiger partial charge in [0.2, 0.25) is 11.8 Å². The Balaban J connectivity index is 1.65. The lowest BCUT2D eigenvalue weighted by Crippen LogP contribution is -2.56. The lowest BCUT2D eigenvalue weighted by molar-refractivity contribution is -0.142. The van der Waals surface area contributed by atoms with Gasteiger partial charge in [0.15, 0.2) is 5.16 Å². The standard InChI is InChI=1S/C25H32ClN7O2S/c1-18-15-31(11-12-33(18)23(35)25(2,3)4)21-13-20(26)29-24(30-21)36-17-22(34)32(10-6-8-27)16-19-7-5-9-28-14-19/h5,7,9,13-14,18H,6,10-12,15-17H2,1-4H3. The smallest absolute Gasteiger partial charge is 0.233 e. The Hall–Kier alpha value is -2.90. The number of hydrogen-bond donors (Lipinski definition) is 0. The van der Waals surface area contributed by atoms with Crippen LogP contribution in [0.4, 0.5) is 5.82 Å². The molecule has 0 N–H and O–H groups in total. The van der Waals surface area contributed by atoms with E-state index < -0.39 is 5.41 Å². The van der Waals surface area contributed by atoms with E-state index in [9.17, 15) is 9.59 Å². The van der Waals surface area contributed by atoms with Crippen LogP contribution in [0.3, 0.4) is 0 Å². The molecule has 0 saturated carbocycles. The quantitative estimate of drug-likeness (QED) is 0.290. The molecule has 0 aliphatic carbocycles. The summed E-state index contributed by atoms with van der Waals surface area (Å²) in [5.74, 6) is 0.816. The molecule has 11 heteroatoms. The van der Waals surface area contributed by atoms with Crippen LogP contribution in [-0.2, 0) is 16.1 Å². The molecular weight excluding hydrogens is 498 g/mol. The van der Waals surface area contributed by atoms with Gasteiger partial charge in [-0.05, 0) is 18.6 Å². The number of nitrogens with zero attached hydrogens (tertiary/aromatic N) is 7. The number of aromatic nitrogens is 3. The van der Waals surface area contributed by atoms with Crippen molar-refractivity contribution in [3.63, 3.8) is 0 Å². The molecule has 192 valence electrons. The Kier molecular flexibility index (Phi) is 9.51. The average Bonchev–Trinajstić information content (AvgIpc) is 2.84. The Morgan fingerprint density at radius 2 is 2.08 bits per heavy atom. The van der Waals surface area contributed by atoms with Crippen molar-refractivity contribution in [2.45, 2.75) is 51.9 Å². The molecule has 1 atom stereocenters. The predicted molar refractivity (Wildman–Crippen MR) is 140 cm³/mol. The van der Waals surface area contributed by atoms with Gasteiger partial charge in [-0.1, -0.05) is 50.2 Å². The fourth-order valence-electron chi connectivity index (χ4n) is 3.92. The first-order valence-electron chi connectivity index (χ1n) is 11.9. The highest BCUT2D eigenvalue weighted by atomic mass is 35.5. The van der Waals surface area contributed by atoms with E-state index in [0.717, 1.165) is 5.56 Å². The Morgan fingerprint density at radius 3 is 2.72 bits per heavy atom. The summed E-state index contributed by atoms with van der Waals surface area (Å²) in [7, 11) is 0. The van der Waals surface area contributed by atoms with Gasteiger partial charge in [-0.2, -0.15) is 5.26 Å². The van der Waals surface area contributed by atoms with Crippen LogP contribution in [0.1, 0.15) is 39.7 Å². The zero-order valence-corrected chi connectivity index (χ0v) is 22.7. The van der Waals surface area contributed by atoms with Crippen molar-refractivity contribution in [2.75, 3.05) is 36.8 Å². The highest BCUT2D eigenvalue weighted by Crippen LogP contribution is 2.26. The highest BCUT2D eigenvalue weighted by molar-refractivity contribution is 7.99. The number of amides is 2. The molecule has 0 bridgehead atoms. The maximum absolute atomic E-state index is 13.0. The first-order chi connectivity index (χ1) is 17.1. The summed E-state index contributed by atoms with van der Waals surface area (Å²) in [6.45, 7) is 10.4. The van der Waals surface area contributed by atoms with Gasteiger partial charge in [-0.3, -0.25) is 14.6 Å². The molecule has 2 amide bonds. The molecule has 1 aliphatic heterocycles. The number of anilines is 1. The maximum atomic E-state index is 13.0. The van der Waals surface area contributed by atoms with Crippen molar-refractivity contribution >= 4 is 41.0 Å². The summed E-state index contributed by atoms with van der Waals surface area (Å²) in [6.07, 6.45) is 3.64. The van der Waals surface area contributed by atoms with Gasteiger partial charge in [0.25, 0.3) is 0 Å². The van der Waals surface area contributed by atoms with Crippen LogP contribution < -0.4 is 4.90 Å². The van der Waals surface area contributed by atoms with Crippen LogP contribution in [0.2, 0.25) is 5.15 Å². The minimum absolute atomic E-state index is 0.0260. The number of nitriles is 1. The Morgan fingerprint density at radius 1 is 1.31 bits per heavy atom. The van der Waals surface area contributed by atoms with E-state index in [4.69, 9.17) is 16.9 Å². The number of hydrogen-bond acceptors (Lipinski definition) is 8. The first-order valence-corrected chi connectivity index (χ1v) is 13.2. The van der Waals surface area contributed by atoms with E-state index in [-0.39, 0.29) is 30.0 Å². The summed E-state index contributed by atoms with van der Waals surface area (Å²) in [5, 5.41) is 9.70. The zero-order valence-electron chi connectivity index (χ0n) is 21.1. The average molecular weight is 530 g/mol. The number of rotatable bonds is 8. The van der Waals surface area contributed by atoms with Crippen LogP contribution in [0.25, 0.3) is 0 Å². The van der Waals surface area contributed by atoms with Gasteiger partial charge in [-0.25, -0.2) is 9.97 Å². The fourth-order valence-corrected chi connectivity index (χ4v) is 4.90. The normalized spacial score (nSPS) is 15.9. The zero-order chi connectivity index (χ0) is 26.3. The van der Waals surface area contributed by atoms with Crippen molar-refractivity contribution in [3.05, 3.63) is 41.3 Å². The van der Waals surface area contributed by atoms with E-state index in [1.807, 2.05) is 44.7 Å². The molecule has 2 aromatic rings. The van der Waals surface area contributed by atoms with Crippen molar-refractivity contribution in [2.24, 2.45) is 5.41 Å². The molecular formula is C25H32ClN7O2S. The molecule has 2 aromatic heterocycles. The second kappa shape index (κ2) is 12.4. The van der Waals surface area contributed by atoms with E-state index in [2.05, 4.69) is 25.9 Å². The van der Waals surface area contributed by atoms with E-state index in [0.29, 0.717) is 48.9 Å². The summed E-state index contributed by atoms with van der Waals surface area (Å²) in [6, 6.07) is 7.55. The Labute approximate surface area is 221 Å². The second-order valence-electron chi connectivity index (χ2n) is 9.75. The van der Waals surface area contributed by atoms with Gasteiger partial charge >= 0.3 is 0 Å². The summed E-state index contributed by atoms with van der Waals surface area (Å²) in [4.78, 5) is 44.4. The van der Waals surface area contributed by atoms with Crippen molar-refractivity contribution < 1.29 is 9.59 Å². The topological polar surface area (TPSA) is 106 Å². The van der Waals surface area contributed by atoms with Crippen molar-refractivity contribution in [1.82, 2.24) is 24.8 Å². The molecule has 1 unspecified atom stereocenters. The molecule has 1 fully saturated rings. The second-order valence-corrected chi connectivity index (χ2v) is 11.1. The van der Waals surface area contributed by atoms with E-state index in [1.54, 1.807) is 23.4 Å². The number of halogens is 1. The van der Waals surface area contributed by atoms with Gasteiger partial charge in [0, 0.05) is 62.6 Å². The van der Waals surface area contributed by atoms with E-state index >= 15 is 0 Å². The third-order valence-corrected chi connectivity index (χ3v) is 6.81. The third kappa shape index (κ3) is 7.55. The summed E-state index contributed by atoms with van der Waals surface area (Å²) >= 11 is 7.52. The minimum Gasteiger partial charge on any atom is -0.353 e. The molecule has 3 heterocycles. The van der Waals surface area contributed by atoms with Crippen LogP contribution >= 0.6 is 23.4 Å². The van der Waals surface area contributed by atoms with Gasteiger partial charge in [0.1, 0.15) is 11.0 Å². The van der Waals surface area contributed by atoms with Gasteiger partial charge < -0.3 is 14.7 Å². The minimum atomic E-state index is -0.427. The molecule has 0 aromatic carbocycles. The van der Waals surface area contributed by atoms with Crippen molar-refractivity contribution in [1.29, 1.82) is 5.26 Å². The lowest BCUT2D eigenvalue weighted by Gasteiger charge is -2.42. The van der Waals surface area contributed by atoms with E-state index in [1.165, 1.54) is 11.8 Å². The largest absolute Gasteiger partial charge is 0.353 e. The fraction of sp³-hybridized carbons (Fsp3) is 0.520. The Bertz CT molecular complexity index is 1100. The molecule has 0 spiro atoms. The van der Waals surface area contributed by atoms with Crippen LogP contribution in [0.15, 0.2) is 35.7 Å². The lowest BCUT2D eigenvalue weighted by atomic mass is 9.93. The van der Waals surface area contributed by atoms with Gasteiger partial charge in [0.05, 0.1) is 18.2 Å². The monoisotopic (exact) mass is 529 g/mol. The third-order valence-electron chi connectivity index (χ3n) is 5.78. The molecule has 36 heavy (non-hydrogen) atoms. The number of thioether (sulfide) groups is 1. The van der Waals surface area contributed by atoms with Crippen LogP contribution in [-0.4, -0.2) is 74.5 Å². The first kappa shape index (κ1) is 27.7. The SMILES string of the molecule is CC1CN(c2cc(Cl)nc(SCC(=O)N(CCC#N)Cc3cccnc3)n2)CCN1C(=O)C(C)(C)C. The number of pyridine rings is 1. The van der Waals surface area contributed by atoms with Gasteiger partial charge in [-0.15, -0.1) is 0 Å². The molecule has 9 nitrogen and oxygen atoms in total. The molecule has 1 saturated heterocycles. The summed E-state index contributed by atoms with van der Waals surface area (Å²) in [5.41, 5.74) is 0.469. The van der Waals surface area contributed by atoms with Crippen LogP contribution in [0, 0.1) is 16.7 Å². The predicted octanol–water partition coefficient (Wildman–Crippen LogP) is 3.64. The number of carbonyl (C=O) groups is 2. The van der Waals surface area contributed by atoms with Crippen molar-refractivity contribution in [3.8, 4) is 6.07 Å². The maximum Gasteiger partial charge on any atom is 0.233 e. The summed E-state index contributed by atoms with van der Waals surface area (Å²) < 4.78 is 0. The highest BCUT2D eigenvalue weighted by Gasteiger charge is 2.34. The number of piperazine rings is 1. The molecule has 0 radical (unpaired) electrons. The number of carbonyl (C=O) groups excluding carboxylic acids is 2.